The standard InChI is InChI=1S/C14H27NO2S/c1-11(10-18(2,16)17)15-14-8-7-12-5-3-4-6-13(12)9-14/h11-15H,3-10H2,1-2H3. The van der Waals surface area contributed by atoms with Crippen molar-refractivity contribution in [1.82, 2.24) is 5.32 Å². The summed E-state index contributed by atoms with van der Waals surface area (Å²) in [6.07, 6.45) is 10.8. The van der Waals surface area contributed by atoms with E-state index < -0.39 is 9.84 Å². The molecule has 0 heterocycles. The van der Waals surface area contributed by atoms with Crippen LogP contribution in [0.5, 0.6) is 0 Å². The average molecular weight is 273 g/mol. The second-order valence-electron chi connectivity index (χ2n) is 6.47. The third-order valence-electron chi connectivity index (χ3n) is 4.61. The molecule has 2 rings (SSSR count). The zero-order chi connectivity index (χ0) is 13.2. The van der Waals surface area contributed by atoms with E-state index in [0.717, 1.165) is 11.8 Å². The molecule has 18 heavy (non-hydrogen) atoms. The average Bonchev–Trinajstić information content (AvgIpc) is 2.26. The first-order valence-corrected chi connectivity index (χ1v) is 9.44. The van der Waals surface area contributed by atoms with Gasteiger partial charge in [-0.2, -0.15) is 0 Å². The SMILES string of the molecule is CC(CS(C)(=O)=O)NC1CCC2CCCCC2C1. The molecular weight excluding hydrogens is 246 g/mol. The number of nitrogens with one attached hydrogen (secondary N) is 1. The van der Waals surface area contributed by atoms with Crippen LogP contribution in [-0.4, -0.2) is 32.5 Å². The highest BCUT2D eigenvalue weighted by molar-refractivity contribution is 7.90. The van der Waals surface area contributed by atoms with E-state index in [1.54, 1.807) is 0 Å². The molecule has 2 fully saturated rings. The van der Waals surface area contributed by atoms with E-state index in [-0.39, 0.29) is 11.8 Å². The lowest BCUT2D eigenvalue weighted by Gasteiger charge is -2.40. The van der Waals surface area contributed by atoms with E-state index in [1.165, 1.54) is 51.2 Å². The maximum atomic E-state index is 11.3. The lowest BCUT2D eigenvalue weighted by Crippen LogP contribution is -2.44. The first-order valence-electron chi connectivity index (χ1n) is 7.38. The number of rotatable bonds is 4. The number of fused-ring (bicyclic) bond motifs is 1. The summed E-state index contributed by atoms with van der Waals surface area (Å²) in [4.78, 5) is 0. The maximum absolute atomic E-state index is 11.3. The van der Waals surface area contributed by atoms with Crippen LogP contribution < -0.4 is 5.32 Å². The van der Waals surface area contributed by atoms with Crippen LogP contribution in [-0.2, 0) is 9.84 Å². The fourth-order valence-electron chi connectivity index (χ4n) is 3.93. The van der Waals surface area contributed by atoms with Gasteiger partial charge < -0.3 is 5.32 Å². The summed E-state index contributed by atoms with van der Waals surface area (Å²) in [5, 5.41) is 3.53. The van der Waals surface area contributed by atoms with E-state index in [0.29, 0.717) is 6.04 Å². The summed E-state index contributed by atoms with van der Waals surface area (Å²) < 4.78 is 22.5. The monoisotopic (exact) mass is 273 g/mol. The molecule has 2 saturated carbocycles. The first-order chi connectivity index (χ1) is 8.44. The predicted octanol–water partition coefficient (Wildman–Crippen LogP) is 2.37. The van der Waals surface area contributed by atoms with Gasteiger partial charge in [0.25, 0.3) is 0 Å². The molecule has 0 bridgehead atoms. The second-order valence-corrected chi connectivity index (χ2v) is 8.66. The lowest BCUT2D eigenvalue weighted by atomic mass is 9.69. The molecule has 0 radical (unpaired) electrons. The van der Waals surface area contributed by atoms with Crippen LogP contribution in [0.2, 0.25) is 0 Å². The van der Waals surface area contributed by atoms with Crippen molar-refractivity contribution in [2.45, 2.75) is 64.0 Å². The van der Waals surface area contributed by atoms with Gasteiger partial charge in [0, 0.05) is 18.3 Å². The zero-order valence-electron chi connectivity index (χ0n) is 11.7. The molecule has 2 aliphatic rings. The van der Waals surface area contributed by atoms with E-state index in [4.69, 9.17) is 0 Å². The van der Waals surface area contributed by atoms with E-state index in [2.05, 4.69) is 5.32 Å². The molecule has 0 amide bonds. The van der Waals surface area contributed by atoms with Crippen LogP contribution in [0.1, 0.15) is 51.9 Å². The van der Waals surface area contributed by atoms with E-state index in [1.807, 2.05) is 6.92 Å². The first kappa shape index (κ1) is 14.3. The van der Waals surface area contributed by atoms with Gasteiger partial charge in [0.1, 0.15) is 9.84 Å². The number of hydrogen-bond donors (Lipinski definition) is 1. The van der Waals surface area contributed by atoms with Crippen molar-refractivity contribution >= 4 is 9.84 Å². The molecule has 0 aromatic carbocycles. The Kier molecular flexibility index (Phi) is 4.70. The molecule has 0 aromatic rings. The van der Waals surface area contributed by atoms with Gasteiger partial charge in [-0.25, -0.2) is 8.42 Å². The Labute approximate surface area is 112 Å². The van der Waals surface area contributed by atoms with E-state index >= 15 is 0 Å². The third kappa shape index (κ3) is 4.23. The molecule has 1 N–H and O–H groups in total. The Morgan fingerprint density at radius 1 is 1.11 bits per heavy atom. The molecule has 0 spiro atoms. The maximum Gasteiger partial charge on any atom is 0.148 e. The highest BCUT2D eigenvalue weighted by Gasteiger charge is 2.32. The van der Waals surface area contributed by atoms with Crippen LogP contribution in [0.3, 0.4) is 0 Å². The molecule has 3 nitrogen and oxygen atoms in total. The molecule has 0 aromatic heterocycles. The van der Waals surface area contributed by atoms with Gasteiger partial charge in [0.05, 0.1) is 5.75 Å². The van der Waals surface area contributed by atoms with Crippen LogP contribution in [0.25, 0.3) is 0 Å². The minimum absolute atomic E-state index is 0.0881. The van der Waals surface area contributed by atoms with Crippen molar-refractivity contribution in [3.63, 3.8) is 0 Å². The van der Waals surface area contributed by atoms with Gasteiger partial charge in [-0.3, -0.25) is 0 Å². The normalized spacial score (nSPS) is 34.9. The molecular formula is C14H27NO2S. The quantitative estimate of drug-likeness (QED) is 0.855. The Bertz CT molecular complexity index is 366. The Balaban J connectivity index is 1.80. The molecule has 4 atom stereocenters. The van der Waals surface area contributed by atoms with Gasteiger partial charge in [-0.05, 0) is 38.0 Å². The summed E-state index contributed by atoms with van der Waals surface area (Å²) in [5.74, 6) is 2.12. The number of sulfone groups is 1. The molecule has 4 unspecified atom stereocenters. The minimum Gasteiger partial charge on any atom is -0.310 e. The van der Waals surface area contributed by atoms with Crippen LogP contribution >= 0.6 is 0 Å². The molecule has 106 valence electrons. The predicted molar refractivity (Wildman–Crippen MR) is 75.4 cm³/mol. The topological polar surface area (TPSA) is 46.2 Å². The van der Waals surface area contributed by atoms with Crippen molar-refractivity contribution in [2.24, 2.45) is 11.8 Å². The Morgan fingerprint density at radius 2 is 1.78 bits per heavy atom. The summed E-state index contributed by atoms with van der Waals surface area (Å²) in [7, 11) is -2.86. The Morgan fingerprint density at radius 3 is 2.44 bits per heavy atom. The molecule has 4 heteroatoms. The summed E-state index contributed by atoms with van der Waals surface area (Å²) in [6.45, 7) is 1.99. The van der Waals surface area contributed by atoms with Crippen LogP contribution in [0, 0.1) is 11.8 Å². The van der Waals surface area contributed by atoms with Gasteiger partial charge in [-0.15, -0.1) is 0 Å². The fourth-order valence-corrected chi connectivity index (χ4v) is 4.93. The smallest absolute Gasteiger partial charge is 0.148 e. The largest absolute Gasteiger partial charge is 0.310 e. The summed E-state index contributed by atoms with van der Waals surface area (Å²) in [5.41, 5.74) is 0. The van der Waals surface area contributed by atoms with Crippen molar-refractivity contribution < 1.29 is 8.42 Å². The van der Waals surface area contributed by atoms with Crippen LogP contribution in [0.15, 0.2) is 0 Å². The van der Waals surface area contributed by atoms with Gasteiger partial charge in [0.2, 0.25) is 0 Å². The van der Waals surface area contributed by atoms with Crippen molar-refractivity contribution in [3.8, 4) is 0 Å². The highest BCUT2D eigenvalue weighted by Crippen LogP contribution is 2.40. The molecule has 0 aliphatic heterocycles. The van der Waals surface area contributed by atoms with Crippen molar-refractivity contribution in [2.75, 3.05) is 12.0 Å². The molecule has 2 aliphatic carbocycles. The van der Waals surface area contributed by atoms with Crippen molar-refractivity contribution in [1.29, 1.82) is 0 Å². The zero-order valence-corrected chi connectivity index (χ0v) is 12.5. The van der Waals surface area contributed by atoms with Crippen molar-refractivity contribution in [3.05, 3.63) is 0 Å². The second kappa shape index (κ2) is 5.91. The van der Waals surface area contributed by atoms with Gasteiger partial charge in [0.15, 0.2) is 0 Å². The van der Waals surface area contributed by atoms with Crippen LogP contribution in [0.4, 0.5) is 0 Å². The minimum atomic E-state index is -2.86. The summed E-state index contributed by atoms with van der Waals surface area (Å²) >= 11 is 0. The van der Waals surface area contributed by atoms with Gasteiger partial charge >= 0.3 is 0 Å². The van der Waals surface area contributed by atoms with Gasteiger partial charge in [-0.1, -0.05) is 25.7 Å². The summed E-state index contributed by atoms with van der Waals surface area (Å²) in [6, 6.07) is 0.631. The number of hydrogen-bond acceptors (Lipinski definition) is 3. The third-order valence-corrected chi connectivity index (χ3v) is 5.72. The van der Waals surface area contributed by atoms with E-state index in [9.17, 15) is 8.42 Å². The Hall–Kier alpha value is -0.0900. The molecule has 0 saturated heterocycles. The fraction of sp³-hybridized carbons (Fsp3) is 1.00. The highest BCUT2D eigenvalue weighted by atomic mass is 32.2. The lowest BCUT2D eigenvalue weighted by molar-refractivity contribution is 0.140.